The van der Waals surface area contributed by atoms with E-state index in [4.69, 9.17) is 11.6 Å². The molecule has 0 radical (unpaired) electrons. The fraction of sp³-hybridized carbons (Fsp3) is 0.619. The van der Waals surface area contributed by atoms with Gasteiger partial charge in [-0.15, -0.1) is 12.4 Å². The molecule has 2 atom stereocenters. The Morgan fingerprint density at radius 3 is 2.68 bits per heavy atom. The summed E-state index contributed by atoms with van der Waals surface area (Å²) in [5.74, 6) is 0.795. The van der Waals surface area contributed by atoms with Crippen LogP contribution in [0.1, 0.15) is 42.5 Å². The van der Waals surface area contributed by atoms with Gasteiger partial charge in [-0.3, -0.25) is 9.59 Å². The predicted molar refractivity (Wildman–Crippen MR) is 113 cm³/mol. The molecule has 0 bridgehead atoms. The molecule has 0 aromatic heterocycles. The lowest BCUT2D eigenvalue weighted by Crippen LogP contribution is -2.50. The highest BCUT2D eigenvalue weighted by molar-refractivity contribution is 6.30. The molecule has 2 saturated heterocycles. The van der Waals surface area contributed by atoms with Crippen LogP contribution in [0.4, 0.5) is 0 Å². The zero-order valence-electron chi connectivity index (χ0n) is 16.2. The van der Waals surface area contributed by atoms with E-state index in [-0.39, 0.29) is 23.7 Å². The van der Waals surface area contributed by atoms with Gasteiger partial charge in [0.05, 0.1) is 5.41 Å². The zero-order chi connectivity index (χ0) is 18.9. The van der Waals surface area contributed by atoms with Crippen molar-refractivity contribution in [2.45, 2.75) is 32.1 Å². The van der Waals surface area contributed by atoms with Gasteiger partial charge in [-0.2, -0.15) is 0 Å². The van der Waals surface area contributed by atoms with Gasteiger partial charge < -0.3 is 15.1 Å². The number of rotatable bonds is 2. The Kier molecular flexibility index (Phi) is 6.89. The zero-order valence-corrected chi connectivity index (χ0v) is 17.7. The van der Waals surface area contributed by atoms with E-state index in [1.54, 1.807) is 24.3 Å². The summed E-state index contributed by atoms with van der Waals surface area (Å²) >= 11 is 6.03. The predicted octanol–water partition coefficient (Wildman–Crippen LogP) is 3.22. The van der Waals surface area contributed by atoms with Crippen molar-refractivity contribution in [2.24, 2.45) is 11.3 Å². The monoisotopic (exact) mass is 425 g/mol. The van der Waals surface area contributed by atoms with E-state index >= 15 is 0 Å². The summed E-state index contributed by atoms with van der Waals surface area (Å²) in [6.07, 6.45) is 5.38. The standard InChI is InChI=1S/C21H28ClN3O2.ClH/c22-18-7-3-5-16(13-18)19(26)24-9-4-10-25(12-11-24)20(27)21-8-2-1-6-17(21)14-23-15-21;/h3,5,7,13,17,23H,1-2,4,6,8-12,14-15H2;1H/t17-,21+;/m0./s1. The minimum atomic E-state index is -0.204. The van der Waals surface area contributed by atoms with Crippen molar-refractivity contribution in [3.63, 3.8) is 0 Å². The first kappa shape index (κ1) is 21.4. The van der Waals surface area contributed by atoms with E-state index in [2.05, 4.69) is 5.32 Å². The minimum Gasteiger partial charge on any atom is -0.340 e. The molecule has 1 aromatic rings. The number of carbonyl (C=O) groups excluding carboxylic acids is 2. The van der Waals surface area contributed by atoms with Gasteiger partial charge in [0.25, 0.3) is 5.91 Å². The quantitative estimate of drug-likeness (QED) is 0.790. The summed E-state index contributed by atoms with van der Waals surface area (Å²) in [6.45, 7) is 4.43. The molecule has 2 heterocycles. The number of hydrogen-bond donors (Lipinski definition) is 1. The smallest absolute Gasteiger partial charge is 0.253 e. The third-order valence-corrected chi connectivity index (χ3v) is 6.84. The molecule has 154 valence electrons. The number of halogens is 2. The van der Waals surface area contributed by atoms with Crippen LogP contribution >= 0.6 is 24.0 Å². The van der Waals surface area contributed by atoms with Crippen LogP contribution in [0.25, 0.3) is 0 Å². The van der Waals surface area contributed by atoms with E-state index in [9.17, 15) is 9.59 Å². The first-order valence-corrected chi connectivity index (χ1v) is 10.5. The lowest BCUT2D eigenvalue weighted by molar-refractivity contribution is -0.145. The normalized spacial score (nSPS) is 27.5. The van der Waals surface area contributed by atoms with Gasteiger partial charge in [-0.25, -0.2) is 0 Å². The number of carbonyl (C=O) groups is 2. The van der Waals surface area contributed by atoms with E-state index in [1.165, 1.54) is 6.42 Å². The second-order valence-electron chi connectivity index (χ2n) is 8.18. The van der Waals surface area contributed by atoms with E-state index in [1.807, 2.05) is 9.80 Å². The molecule has 7 heteroatoms. The van der Waals surface area contributed by atoms with Crippen LogP contribution in [0.15, 0.2) is 24.3 Å². The molecule has 2 amide bonds. The number of nitrogens with one attached hydrogen (secondary N) is 1. The lowest BCUT2D eigenvalue weighted by atomic mass is 9.67. The maximum Gasteiger partial charge on any atom is 0.253 e. The molecular weight excluding hydrogens is 397 g/mol. The van der Waals surface area contributed by atoms with Crippen LogP contribution in [0.5, 0.6) is 0 Å². The number of fused-ring (bicyclic) bond motifs is 1. The second-order valence-corrected chi connectivity index (χ2v) is 8.61. The SMILES string of the molecule is Cl.O=C(c1cccc(Cl)c1)N1CCCN(C(=O)[C@@]23CCCC[C@H]2CNC3)CC1. The maximum atomic E-state index is 13.5. The van der Waals surface area contributed by atoms with Gasteiger partial charge >= 0.3 is 0 Å². The van der Waals surface area contributed by atoms with Crippen molar-refractivity contribution in [3.8, 4) is 0 Å². The molecule has 3 fully saturated rings. The molecule has 4 rings (SSSR count). The molecule has 1 N–H and O–H groups in total. The third kappa shape index (κ3) is 4.03. The highest BCUT2D eigenvalue weighted by atomic mass is 35.5. The molecular formula is C21H29Cl2N3O2. The average Bonchev–Trinajstić information content (AvgIpc) is 2.98. The molecule has 3 aliphatic rings. The molecule has 1 aliphatic carbocycles. The molecule has 0 unspecified atom stereocenters. The van der Waals surface area contributed by atoms with E-state index in [0.29, 0.717) is 42.0 Å². The van der Waals surface area contributed by atoms with Gasteiger partial charge in [0.15, 0.2) is 0 Å². The molecule has 0 spiro atoms. The third-order valence-electron chi connectivity index (χ3n) is 6.61. The molecule has 28 heavy (non-hydrogen) atoms. The lowest BCUT2D eigenvalue weighted by Gasteiger charge is -2.40. The summed E-state index contributed by atoms with van der Waals surface area (Å²) in [5, 5.41) is 4.04. The van der Waals surface area contributed by atoms with E-state index < -0.39 is 0 Å². The van der Waals surface area contributed by atoms with Gasteiger partial charge in [-0.1, -0.05) is 30.5 Å². The molecule has 1 saturated carbocycles. The summed E-state index contributed by atoms with van der Waals surface area (Å²) in [6, 6.07) is 7.10. The van der Waals surface area contributed by atoms with Crippen LogP contribution in [-0.2, 0) is 4.79 Å². The Balaban J connectivity index is 0.00000225. The molecule has 1 aromatic carbocycles. The van der Waals surface area contributed by atoms with Gasteiger partial charge in [0, 0.05) is 43.3 Å². The van der Waals surface area contributed by atoms with Crippen molar-refractivity contribution in [2.75, 3.05) is 39.3 Å². The van der Waals surface area contributed by atoms with Crippen LogP contribution in [-0.4, -0.2) is 60.9 Å². The van der Waals surface area contributed by atoms with Gasteiger partial charge in [0.2, 0.25) is 5.91 Å². The minimum absolute atomic E-state index is 0. The highest BCUT2D eigenvalue weighted by Crippen LogP contribution is 2.45. The first-order valence-electron chi connectivity index (χ1n) is 10.2. The van der Waals surface area contributed by atoms with Crippen molar-refractivity contribution >= 4 is 35.8 Å². The first-order chi connectivity index (χ1) is 13.1. The maximum absolute atomic E-state index is 13.5. The number of hydrogen-bond acceptors (Lipinski definition) is 3. The fourth-order valence-electron chi connectivity index (χ4n) is 5.11. The summed E-state index contributed by atoms with van der Waals surface area (Å²) < 4.78 is 0. The summed E-state index contributed by atoms with van der Waals surface area (Å²) in [7, 11) is 0. The highest BCUT2D eigenvalue weighted by Gasteiger charge is 2.51. The van der Waals surface area contributed by atoms with Gasteiger partial charge in [0.1, 0.15) is 0 Å². The van der Waals surface area contributed by atoms with Crippen LogP contribution in [0.2, 0.25) is 5.02 Å². The largest absolute Gasteiger partial charge is 0.340 e. The van der Waals surface area contributed by atoms with Crippen molar-refractivity contribution < 1.29 is 9.59 Å². The van der Waals surface area contributed by atoms with Gasteiger partial charge in [-0.05, 0) is 49.9 Å². The number of benzene rings is 1. The van der Waals surface area contributed by atoms with Crippen LogP contribution in [0.3, 0.4) is 0 Å². The summed E-state index contributed by atoms with van der Waals surface area (Å²) in [5.41, 5.74) is 0.415. The van der Waals surface area contributed by atoms with Crippen molar-refractivity contribution in [1.82, 2.24) is 15.1 Å². The fourth-order valence-corrected chi connectivity index (χ4v) is 5.30. The van der Waals surface area contributed by atoms with E-state index in [0.717, 1.165) is 45.3 Å². The molecule has 2 aliphatic heterocycles. The average molecular weight is 426 g/mol. The Bertz CT molecular complexity index is 729. The van der Waals surface area contributed by atoms with Crippen LogP contribution in [0, 0.1) is 11.3 Å². The Morgan fingerprint density at radius 1 is 1.07 bits per heavy atom. The molecule has 5 nitrogen and oxygen atoms in total. The Labute approximate surface area is 178 Å². The topological polar surface area (TPSA) is 52.7 Å². The summed E-state index contributed by atoms with van der Waals surface area (Å²) in [4.78, 5) is 30.2. The second kappa shape index (κ2) is 9.02. The Morgan fingerprint density at radius 2 is 1.86 bits per heavy atom. The van der Waals surface area contributed by atoms with Crippen molar-refractivity contribution in [1.29, 1.82) is 0 Å². The Hall–Kier alpha value is -1.30. The van der Waals surface area contributed by atoms with Crippen LogP contribution < -0.4 is 5.32 Å². The van der Waals surface area contributed by atoms with Crippen molar-refractivity contribution in [3.05, 3.63) is 34.9 Å². The number of nitrogens with zero attached hydrogens (tertiary/aromatic N) is 2. The number of amides is 2.